The average molecular weight is 331 g/mol. The van der Waals surface area contributed by atoms with Gasteiger partial charge >= 0.3 is 0 Å². The highest BCUT2D eigenvalue weighted by molar-refractivity contribution is 9.10. The van der Waals surface area contributed by atoms with Gasteiger partial charge in [-0.3, -0.25) is 4.98 Å². The van der Waals surface area contributed by atoms with Gasteiger partial charge in [0.2, 0.25) is 0 Å². The standard InChI is InChI=1S/C14H11BrN4O/c15-10-3-4-12(16)11(7-10)14-18-13(19-20-14)6-9-2-1-5-17-8-9/h1-5,7-8H,6,16H2. The lowest BCUT2D eigenvalue weighted by Gasteiger charge is -2.00. The molecule has 2 N–H and O–H groups in total. The quantitative estimate of drug-likeness (QED) is 0.746. The second kappa shape index (κ2) is 5.42. The Hall–Kier alpha value is -2.21. The van der Waals surface area contributed by atoms with E-state index in [4.69, 9.17) is 10.3 Å². The molecule has 100 valence electrons. The number of pyridine rings is 1. The summed E-state index contributed by atoms with van der Waals surface area (Å²) in [7, 11) is 0. The molecule has 6 heteroatoms. The first-order valence-corrected chi connectivity index (χ1v) is 6.78. The molecule has 0 aliphatic carbocycles. The summed E-state index contributed by atoms with van der Waals surface area (Å²) in [6.45, 7) is 0. The Morgan fingerprint density at radius 1 is 1.25 bits per heavy atom. The van der Waals surface area contributed by atoms with Crippen LogP contribution < -0.4 is 5.73 Å². The fourth-order valence-electron chi connectivity index (χ4n) is 1.83. The van der Waals surface area contributed by atoms with Gasteiger partial charge in [0.25, 0.3) is 5.89 Å². The van der Waals surface area contributed by atoms with Gasteiger partial charge in [-0.1, -0.05) is 27.2 Å². The van der Waals surface area contributed by atoms with Gasteiger partial charge in [-0.2, -0.15) is 4.98 Å². The topological polar surface area (TPSA) is 77.8 Å². The van der Waals surface area contributed by atoms with Gasteiger partial charge in [-0.15, -0.1) is 0 Å². The van der Waals surface area contributed by atoms with E-state index in [0.29, 0.717) is 23.8 Å². The minimum absolute atomic E-state index is 0.419. The van der Waals surface area contributed by atoms with Crippen molar-refractivity contribution in [2.24, 2.45) is 0 Å². The minimum Gasteiger partial charge on any atom is -0.398 e. The molecule has 5 nitrogen and oxygen atoms in total. The molecule has 0 radical (unpaired) electrons. The molecule has 0 saturated carbocycles. The molecule has 0 aliphatic rings. The molecule has 3 aromatic rings. The lowest BCUT2D eigenvalue weighted by molar-refractivity contribution is 0.424. The summed E-state index contributed by atoms with van der Waals surface area (Å²) in [6, 6.07) is 9.37. The Bertz CT molecular complexity index is 727. The molecular weight excluding hydrogens is 320 g/mol. The van der Waals surface area contributed by atoms with Crippen LogP contribution in [0.2, 0.25) is 0 Å². The fourth-order valence-corrected chi connectivity index (χ4v) is 2.20. The molecule has 0 aliphatic heterocycles. The number of anilines is 1. The maximum absolute atomic E-state index is 5.92. The van der Waals surface area contributed by atoms with Gasteiger partial charge in [0, 0.05) is 29.0 Å². The highest BCUT2D eigenvalue weighted by Crippen LogP contribution is 2.27. The van der Waals surface area contributed by atoms with Crippen LogP contribution in [0.5, 0.6) is 0 Å². The highest BCUT2D eigenvalue weighted by atomic mass is 79.9. The Kier molecular flexibility index (Phi) is 3.47. The molecule has 0 amide bonds. The molecule has 20 heavy (non-hydrogen) atoms. The van der Waals surface area contributed by atoms with Crippen LogP contribution in [0, 0.1) is 0 Å². The fraction of sp³-hybridized carbons (Fsp3) is 0.0714. The van der Waals surface area contributed by atoms with Crippen molar-refractivity contribution in [3.63, 3.8) is 0 Å². The molecule has 0 fully saturated rings. The number of rotatable bonds is 3. The number of benzene rings is 1. The van der Waals surface area contributed by atoms with Gasteiger partial charge in [0.1, 0.15) is 0 Å². The van der Waals surface area contributed by atoms with Gasteiger partial charge in [-0.05, 0) is 29.8 Å². The van der Waals surface area contributed by atoms with Gasteiger partial charge < -0.3 is 10.3 Å². The van der Waals surface area contributed by atoms with E-state index in [0.717, 1.165) is 15.6 Å². The maximum atomic E-state index is 5.92. The molecule has 2 heterocycles. The van der Waals surface area contributed by atoms with Crippen LogP contribution in [0.1, 0.15) is 11.4 Å². The maximum Gasteiger partial charge on any atom is 0.260 e. The van der Waals surface area contributed by atoms with Crippen LogP contribution in [0.4, 0.5) is 5.69 Å². The van der Waals surface area contributed by atoms with Crippen LogP contribution in [0.15, 0.2) is 51.7 Å². The SMILES string of the molecule is Nc1ccc(Br)cc1-c1nc(Cc2cccnc2)no1. The minimum atomic E-state index is 0.419. The van der Waals surface area contributed by atoms with Crippen molar-refractivity contribution >= 4 is 21.6 Å². The third-order valence-electron chi connectivity index (χ3n) is 2.80. The number of nitrogens with two attached hydrogens (primary N) is 1. The summed E-state index contributed by atoms with van der Waals surface area (Å²) in [6.07, 6.45) is 4.09. The average Bonchev–Trinajstić information content (AvgIpc) is 2.91. The van der Waals surface area contributed by atoms with Crippen molar-refractivity contribution in [2.45, 2.75) is 6.42 Å². The summed E-state index contributed by atoms with van der Waals surface area (Å²) >= 11 is 3.40. The van der Waals surface area contributed by atoms with E-state index in [1.54, 1.807) is 18.5 Å². The molecule has 0 bridgehead atoms. The molecule has 0 spiro atoms. The van der Waals surface area contributed by atoms with Crippen molar-refractivity contribution in [3.05, 3.63) is 58.6 Å². The number of nitrogens with zero attached hydrogens (tertiary/aromatic N) is 3. The first kappa shape index (κ1) is 12.8. The van der Waals surface area contributed by atoms with Crippen LogP contribution >= 0.6 is 15.9 Å². The Labute approximate surface area is 124 Å². The van der Waals surface area contributed by atoms with Gasteiger partial charge in [0.05, 0.1) is 5.56 Å². The van der Waals surface area contributed by atoms with Gasteiger partial charge in [-0.25, -0.2) is 0 Å². The number of halogens is 1. The van der Waals surface area contributed by atoms with Crippen molar-refractivity contribution < 1.29 is 4.52 Å². The van der Waals surface area contributed by atoms with E-state index < -0.39 is 0 Å². The molecule has 0 unspecified atom stereocenters. The monoisotopic (exact) mass is 330 g/mol. The van der Waals surface area contributed by atoms with E-state index >= 15 is 0 Å². The normalized spacial score (nSPS) is 10.7. The van der Waals surface area contributed by atoms with Crippen LogP contribution in [0.3, 0.4) is 0 Å². The van der Waals surface area contributed by atoms with Crippen molar-refractivity contribution in [2.75, 3.05) is 5.73 Å². The van der Waals surface area contributed by atoms with Crippen molar-refractivity contribution in [1.82, 2.24) is 15.1 Å². The van der Waals surface area contributed by atoms with E-state index in [-0.39, 0.29) is 0 Å². The summed E-state index contributed by atoms with van der Waals surface area (Å²) in [4.78, 5) is 8.43. The molecule has 0 atom stereocenters. The van der Waals surface area contributed by atoms with Gasteiger partial charge in [0.15, 0.2) is 5.82 Å². The second-order valence-electron chi connectivity index (χ2n) is 4.29. The summed E-state index contributed by atoms with van der Waals surface area (Å²) < 4.78 is 6.19. The zero-order valence-electron chi connectivity index (χ0n) is 10.5. The molecule has 0 saturated heterocycles. The Morgan fingerprint density at radius 2 is 2.15 bits per heavy atom. The number of hydrogen-bond donors (Lipinski definition) is 1. The third-order valence-corrected chi connectivity index (χ3v) is 3.29. The van der Waals surface area contributed by atoms with Crippen LogP contribution in [0.25, 0.3) is 11.5 Å². The number of aromatic nitrogens is 3. The first-order valence-electron chi connectivity index (χ1n) is 5.99. The lowest BCUT2D eigenvalue weighted by atomic mass is 10.2. The van der Waals surface area contributed by atoms with Crippen molar-refractivity contribution in [1.29, 1.82) is 0 Å². The number of nitrogen functional groups attached to an aromatic ring is 1. The zero-order valence-corrected chi connectivity index (χ0v) is 12.0. The number of hydrogen-bond acceptors (Lipinski definition) is 5. The third kappa shape index (κ3) is 2.70. The second-order valence-corrected chi connectivity index (χ2v) is 5.20. The van der Waals surface area contributed by atoms with E-state index in [2.05, 4.69) is 31.1 Å². The summed E-state index contributed by atoms with van der Waals surface area (Å²) in [5, 5.41) is 3.97. The highest BCUT2D eigenvalue weighted by Gasteiger charge is 2.12. The Morgan fingerprint density at radius 3 is 2.95 bits per heavy atom. The zero-order chi connectivity index (χ0) is 13.9. The summed E-state index contributed by atoms with van der Waals surface area (Å²) in [5.74, 6) is 1.02. The van der Waals surface area contributed by atoms with Crippen molar-refractivity contribution in [3.8, 4) is 11.5 Å². The molecule has 1 aromatic carbocycles. The molecule has 3 rings (SSSR count). The van der Waals surface area contributed by atoms with Crippen LogP contribution in [-0.4, -0.2) is 15.1 Å². The predicted molar refractivity (Wildman–Crippen MR) is 78.9 cm³/mol. The Balaban J connectivity index is 1.88. The molecule has 2 aromatic heterocycles. The lowest BCUT2D eigenvalue weighted by Crippen LogP contribution is -1.92. The van der Waals surface area contributed by atoms with E-state index in [1.165, 1.54) is 0 Å². The van der Waals surface area contributed by atoms with E-state index in [1.807, 2.05) is 24.3 Å². The molecular formula is C14H11BrN4O. The first-order chi connectivity index (χ1) is 9.72. The van der Waals surface area contributed by atoms with Crippen LogP contribution in [-0.2, 0) is 6.42 Å². The predicted octanol–water partition coefficient (Wildman–Crippen LogP) is 3.07. The summed E-state index contributed by atoms with van der Waals surface area (Å²) in [5.41, 5.74) is 8.28. The van der Waals surface area contributed by atoms with E-state index in [9.17, 15) is 0 Å². The largest absolute Gasteiger partial charge is 0.398 e. The smallest absolute Gasteiger partial charge is 0.260 e.